The number of thioether (sulfide) groups is 1. The Kier molecular flexibility index (Phi) is 5.73. The van der Waals surface area contributed by atoms with E-state index in [2.05, 4.69) is 41.8 Å². The molecule has 1 amide bonds. The molecule has 1 saturated heterocycles. The van der Waals surface area contributed by atoms with Crippen molar-refractivity contribution in [1.82, 2.24) is 10.6 Å². The van der Waals surface area contributed by atoms with Crippen LogP contribution in [0.2, 0.25) is 0 Å². The van der Waals surface area contributed by atoms with Gasteiger partial charge in [0.1, 0.15) is 0 Å². The molecule has 1 heterocycles. The van der Waals surface area contributed by atoms with Gasteiger partial charge in [-0.1, -0.05) is 29.8 Å². The highest BCUT2D eigenvalue weighted by Gasteiger charge is 2.14. The summed E-state index contributed by atoms with van der Waals surface area (Å²) in [7, 11) is 0. The molecule has 1 fully saturated rings. The molecule has 2 rings (SSSR count). The van der Waals surface area contributed by atoms with E-state index in [-0.39, 0.29) is 5.91 Å². The van der Waals surface area contributed by atoms with E-state index in [4.69, 9.17) is 0 Å². The molecule has 0 spiro atoms. The van der Waals surface area contributed by atoms with Gasteiger partial charge >= 0.3 is 0 Å². The lowest BCUT2D eigenvalue weighted by molar-refractivity contribution is -0.118. The Bertz CT molecular complexity index is 399. The number of piperidine rings is 1. The van der Waals surface area contributed by atoms with Gasteiger partial charge in [-0.15, -0.1) is 11.8 Å². The van der Waals surface area contributed by atoms with Crippen LogP contribution in [0.4, 0.5) is 0 Å². The van der Waals surface area contributed by atoms with E-state index in [1.807, 2.05) is 0 Å². The number of benzene rings is 1. The fourth-order valence-corrected chi connectivity index (χ4v) is 3.17. The molecule has 0 aliphatic carbocycles. The number of aryl methyl sites for hydroxylation is 1. The molecule has 1 aliphatic rings. The van der Waals surface area contributed by atoms with Crippen LogP contribution in [0.5, 0.6) is 0 Å². The average Bonchev–Trinajstić information content (AvgIpc) is 2.45. The molecule has 1 aliphatic heterocycles. The highest BCUT2D eigenvalue weighted by atomic mass is 32.2. The second kappa shape index (κ2) is 7.56. The van der Waals surface area contributed by atoms with Crippen molar-refractivity contribution in [3.8, 4) is 0 Å². The summed E-state index contributed by atoms with van der Waals surface area (Å²) in [5.41, 5.74) is 2.40. The second-order valence-corrected chi connectivity index (χ2v) is 6.31. The van der Waals surface area contributed by atoms with Gasteiger partial charge in [-0.3, -0.25) is 4.79 Å². The SMILES string of the molecule is Cc1ccc(CNC(=O)CSC2CCNCC2)cc1. The van der Waals surface area contributed by atoms with E-state index in [1.165, 1.54) is 18.4 Å². The highest BCUT2D eigenvalue weighted by molar-refractivity contribution is 8.00. The first-order valence-electron chi connectivity index (χ1n) is 6.88. The first-order chi connectivity index (χ1) is 9.24. The summed E-state index contributed by atoms with van der Waals surface area (Å²) in [4.78, 5) is 11.8. The van der Waals surface area contributed by atoms with Gasteiger partial charge in [0.15, 0.2) is 0 Å². The summed E-state index contributed by atoms with van der Waals surface area (Å²) in [6.45, 7) is 4.87. The lowest BCUT2D eigenvalue weighted by atomic mass is 10.1. The van der Waals surface area contributed by atoms with Crippen molar-refractivity contribution in [3.05, 3.63) is 35.4 Å². The average molecular weight is 278 g/mol. The standard InChI is InChI=1S/C15H22N2OS/c1-12-2-4-13(5-3-12)10-17-15(18)11-19-14-6-8-16-9-7-14/h2-5,14,16H,6-11H2,1H3,(H,17,18). The maximum Gasteiger partial charge on any atom is 0.230 e. The molecule has 3 nitrogen and oxygen atoms in total. The number of rotatable bonds is 5. The molecule has 0 atom stereocenters. The van der Waals surface area contributed by atoms with Crippen LogP contribution in [0.25, 0.3) is 0 Å². The molecular formula is C15H22N2OS. The molecule has 2 N–H and O–H groups in total. The smallest absolute Gasteiger partial charge is 0.230 e. The van der Waals surface area contributed by atoms with Gasteiger partial charge in [-0.05, 0) is 38.4 Å². The fraction of sp³-hybridized carbons (Fsp3) is 0.533. The Morgan fingerprint density at radius 3 is 2.68 bits per heavy atom. The molecule has 104 valence electrons. The third-order valence-corrected chi connectivity index (χ3v) is 4.72. The topological polar surface area (TPSA) is 41.1 Å². The van der Waals surface area contributed by atoms with Crippen molar-refractivity contribution in [1.29, 1.82) is 0 Å². The van der Waals surface area contributed by atoms with Gasteiger partial charge in [0.05, 0.1) is 5.75 Å². The van der Waals surface area contributed by atoms with Crippen molar-refractivity contribution in [2.75, 3.05) is 18.8 Å². The molecule has 0 radical (unpaired) electrons. The minimum absolute atomic E-state index is 0.143. The van der Waals surface area contributed by atoms with Crippen LogP contribution in [0.3, 0.4) is 0 Å². The van der Waals surface area contributed by atoms with E-state index >= 15 is 0 Å². The first kappa shape index (κ1) is 14.4. The molecule has 0 saturated carbocycles. The highest BCUT2D eigenvalue weighted by Crippen LogP contribution is 2.19. The van der Waals surface area contributed by atoms with Gasteiger partial charge in [0.2, 0.25) is 5.91 Å². The number of hydrogen-bond donors (Lipinski definition) is 2. The van der Waals surface area contributed by atoms with Crippen LogP contribution >= 0.6 is 11.8 Å². The predicted molar refractivity (Wildman–Crippen MR) is 81.4 cm³/mol. The second-order valence-electron chi connectivity index (χ2n) is 5.02. The zero-order valence-electron chi connectivity index (χ0n) is 11.4. The van der Waals surface area contributed by atoms with Gasteiger partial charge < -0.3 is 10.6 Å². The minimum Gasteiger partial charge on any atom is -0.351 e. The van der Waals surface area contributed by atoms with Crippen LogP contribution in [0.1, 0.15) is 24.0 Å². The van der Waals surface area contributed by atoms with E-state index in [0.29, 0.717) is 17.5 Å². The molecule has 0 unspecified atom stereocenters. The van der Waals surface area contributed by atoms with E-state index in [9.17, 15) is 4.79 Å². The monoisotopic (exact) mass is 278 g/mol. The van der Waals surface area contributed by atoms with Crippen molar-refractivity contribution >= 4 is 17.7 Å². The molecule has 1 aromatic rings. The van der Waals surface area contributed by atoms with Crippen LogP contribution in [0, 0.1) is 6.92 Å². The van der Waals surface area contributed by atoms with Gasteiger partial charge in [-0.2, -0.15) is 0 Å². The maximum absolute atomic E-state index is 11.8. The van der Waals surface area contributed by atoms with Crippen molar-refractivity contribution in [2.24, 2.45) is 0 Å². The molecule has 19 heavy (non-hydrogen) atoms. The molecular weight excluding hydrogens is 256 g/mol. The number of carbonyl (C=O) groups excluding carboxylic acids is 1. The largest absolute Gasteiger partial charge is 0.351 e. The van der Waals surface area contributed by atoms with Crippen molar-refractivity contribution < 1.29 is 4.79 Å². The van der Waals surface area contributed by atoms with Crippen molar-refractivity contribution in [3.63, 3.8) is 0 Å². The summed E-state index contributed by atoms with van der Waals surface area (Å²) in [6, 6.07) is 8.28. The Balaban J connectivity index is 1.65. The molecule has 4 heteroatoms. The lowest BCUT2D eigenvalue weighted by Crippen LogP contribution is -2.31. The van der Waals surface area contributed by atoms with Gasteiger partial charge in [0.25, 0.3) is 0 Å². The summed E-state index contributed by atoms with van der Waals surface area (Å²) in [5.74, 6) is 0.723. The van der Waals surface area contributed by atoms with Crippen LogP contribution in [-0.4, -0.2) is 30.0 Å². The summed E-state index contributed by atoms with van der Waals surface area (Å²) < 4.78 is 0. The Morgan fingerprint density at radius 2 is 2.00 bits per heavy atom. The zero-order valence-corrected chi connectivity index (χ0v) is 12.3. The van der Waals surface area contributed by atoms with Crippen LogP contribution < -0.4 is 10.6 Å². The number of nitrogens with one attached hydrogen (secondary N) is 2. The third-order valence-electron chi connectivity index (χ3n) is 3.35. The Morgan fingerprint density at radius 1 is 1.32 bits per heavy atom. The van der Waals surface area contributed by atoms with Gasteiger partial charge in [0, 0.05) is 11.8 Å². The van der Waals surface area contributed by atoms with Crippen LogP contribution in [0.15, 0.2) is 24.3 Å². The van der Waals surface area contributed by atoms with E-state index in [0.717, 1.165) is 18.7 Å². The Hall–Kier alpha value is -1.00. The number of amides is 1. The number of carbonyl (C=O) groups is 1. The summed E-state index contributed by atoms with van der Waals surface area (Å²) in [6.07, 6.45) is 2.35. The van der Waals surface area contributed by atoms with Crippen molar-refractivity contribution in [2.45, 2.75) is 31.6 Å². The predicted octanol–water partition coefficient (Wildman–Crippen LogP) is 2.10. The fourth-order valence-electron chi connectivity index (χ4n) is 2.11. The zero-order chi connectivity index (χ0) is 13.5. The van der Waals surface area contributed by atoms with E-state index in [1.54, 1.807) is 11.8 Å². The summed E-state index contributed by atoms with van der Waals surface area (Å²) >= 11 is 1.79. The molecule has 1 aromatic carbocycles. The van der Waals surface area contributed by atoms with Gasteiger partial charge in [-0.25, -0.2) is 0 Å². The molecule has 0 bridgehead atoms. The van der Waals surface area contributed by atoms with E-state index < -0.39 is 0 Å². The molecule has 0 aromatic heterocycles. The van der Waals surface area contributed by atoms with Crippen LogP contribution in [-0.2, 0) is 11.3 Å². The first-order valence-corrected chi connectivity index (χ1v) is 7.93. The summed E-state index contributed by atoms with van der Waals surface area (Å²) in [5, 5.41) is 6.97. The maximum atomic E-state index is 11.8. The normalized spacial score (nSPS) is 16.3. The minimum atomic E-state index is 0.143. The third kappa shape index (κ3) is 5.25. The Labute approximate surface area is 119 Å². The number of hydrogen-bond acceptors (Lipinski definition) is 3. The lowest BCUT2D eigenvalue weighted by Gasteiger charge is -2.21. The quantitative estimate of drug-likeness (QED) is 0.866.